The van der Waals surface area contributed by atoms with Gasteiger partial charge in [0.2, 0.25) is 5.91 Å². The number of amides is 2. The molecule has 0 unspecified atom stereocenters. The van der Waals surface area contributed by atoms with Gasteiger partial charge in [0.25, 0.3) is 11.5 Å². The number of carbonyl (C=O) groups is 2. The summed E-state index contributed by atoms with van der Waals surface area (Å²) in [6.07, 6.45) is 4.49. The molecule has 0 radical (unpaired) electrons. The van der Waals surface area contributed by atoms with Gasteiger partial charge in [0.05, 0.1) is 18.1 Å². The second-order valence-electron chi connectivity index (χ2n) is 5.77. The molecule has 3 heterocycles. The Balaban J connectivity index is 2.27. The lowest BCUT2D eigenvalue weighted by Crippen LogP contribution is -2.38. The third-order valence-electron chi connectivity index (χ3n) is 4.28. The Morgan fingerprint density at radius 2 is 1.81 bits per heavy atom. The molecule has 10 nitrogen and oxygen atoms in total. The minimum atomic E-state index is -0.880. The zero-order chi connectivity index (χ0) is 19.6. The number of rotatable bonds is 6. The minimum absolute atomic E-state index is 0.226. The number of nitrogens with two attached hydrogens (primary N) is 1. The Morgan fingerprint density at radius 3 is 2.41 bits per heavy atom. The van der Waals surface area contributed by atoms with Crippen LogP contribution in [0.2, 0.25) is 0 Å². The van der Waals surface area contributed by atoms with Crippen molar-refractivity contribution in [1.82, 2.24) is 29.4 Å². The van der Waals surface area contributed by atoms with E-state index in [9.17, 15) is 14.4 Å². The van der Waals surface area contributed by atoms with Crippen molar-refractivity contribution in [1.29, 1.82) is 0 Å². The van der Waals surface area contributed by atoms with Crippen LogP contribution >= 0.6 is 0 Å². The molecule has 2 amide bonds. The molecule has 3 aromatic rings. The van der Waals surface area contributed by atoms with Crippen molar-refractivity contribution in [3.63, 3.8) is 0 Å². The van der Waals surface area contributed by atoms with Gasteiger partial charge in [-0.2, -0.15) is 15.0 Å². The van der Waals surface area contributed by atoms with Gasteiger partial charge in [-0.3, -0.25) is 19.0 Å². The fourth-order valence-electron chi connectivity index (χ4n) is 2.90. The SMILES string of the molecule is CCN(CC)C(=O)Cn1c(=O)c(C(N)=O)cc2c(-n3nccn3)ccnc21. The highest BCUT2D eigenvalue weighted by Gasteiger charge is 2.20. The molecule has 140 valence electrons. The van der Waals surface area contributed by atoms with Crippen LogP contribution in [0.4, 0.5) is 0 Å². The Bertz CT molecular complexity index is 1050. The molecular formula is C17H19N7O3. The van der Waals surface area contributed by atoms with Gasteiger partial charge in [0.15, 0.2) is 0 Å². The molecule has 0 bridgehead atoms. The van der Waals surface area contributed by atoms with Crippen LogP contribution in [0, 0.1) is 0 Å². The zero-order valence-electron chi connectivity index (χ0n) is 15.0. The molecule has 0 saturated carbocycles. The Hall–Kier alpha value is -3.56. The summed E-state index contributed by atoms with van der Waals surface area (Å²) in [7, 11) is 0. The summed E-state index contributed by atoms with van der Waals surface area (Å²) in [6.45, 7) is 4.46. The van der Waals surface area contributed by atoms with Crippen molar-refractivity contribution >= 4 is 22.8 Å². The maximum Gasteiger partial charge on any atom is 0.265 e. The highest BCUT2D eigenvalue weighted by molar-refractivity contribution is 5.97. The second-order valence-corrected chi connectivity index (χ2v) is 5.77. The smallest absolute Gasteiger partial charge is 0.265 e. The summed E-state index contributed by atoms with van der Waals surface area (Å²) in [4.78, 5) is 44.3. The number of fused-ring (bicyclic) bond motifs is 1. The lowest BCUT2D eigenvalue weighted by Gasteiger charge is -2.20. The van der Waals surface area contributed by atoms with Crippen molar-refractivity contribution in [2.45, 2.75) is 20.4 Å². The van der Waals surface area contributed by atoms with E-state index >= 15 is 0 Å². The maximum atomic E-state index is 12.8. The Labute approximate surface area is 154 Å². The summed E-state index contributed by atoms with van der Waals surface area (Å²) >= 11 is 0. The quantitative estimate of drug-likeness (QED) is 0.648. The van der Waals surface area contributed by atoms with Gasteiger partial charge in [-0.05, 0) is 26.0 Å². The van der Waals surface area contributed by atoms with Gasteiger partial charge in [-0.15, -0.1) is 0 Å². The summed E-state index contributed by atoms with van der Waals surface area (Å²) in [5.41, 5.74) is 5.26. The molecule has 2 N–H and O–H groups in total. The number of likely N-dealkylation sites (N-methyl/N-ethyl adjacent to an activating group) is 1. The van der Waals surface area contributed by atoms with Crippen LogP contribution in [0.3, 0.4) is 0 Å². The van der Waals surface area contributed by atoms with E-state index < -0.39 is 11.5 Å². The second kappa shape index (κ2) is 7.36. The van der Waals surface area contributed by atoms with Gasteiger partial charge in [-0.25, -0.2) is 4.98 Å². The van der Waals surface area contributed by atoms with Crippen LogP contribution in [0.1, 0.15) is 24.2 Å². The third-order valence-corrected chi connectivity index (χ3v) is 4.28. The maximum absolute atomic E-state index is 12.8. The first-order valence-corrected chi connectivity index (χ1v) is 8.44. The average Bonchev–Trinajstić information content (AvgIpc) is 3.18. The summed E-state index contributed by atoms with van der Waals surface area (Å²) in [6, 6.07) is 3.01. The van der Waals surface area contributed by atoms with Crippen LogP contribution in [-0.4, -0.2) is 54.3 Å². The van der Waals surface area contributed by atoms with Crippen LogP contribution < -0.4 is 11.3 Å². The number of nitrogens with zero attached hydrogens (tertiary/aromatic N) is 6. The van der Waals surface area contributed by atoms with Gasteiger partial charge in [-0.1, -0.05) is 0 Å². The molecule has 10 heteroatoms. The van der Waals surface area contributed by atoms with E-state index in [0.29, 0.717) is 24.2 Å². The largest absolute Gasteiger partial charge is 0.365 e. The molecule has 27 heavy (non-hydrogen) atoms. The number of pyridine rings is 2. The minimum Gasteiger partial charge on any atom is -0.365 e. The van der Waals surface area contributed by atoms with Gasteiger partial charge < -0.3 is 10.6 Å². The van der Waals surface area contributed by atoms with Gasteiger partial charge in [0.1, 0.15) is 17.8 Å². The summed E-state index contributed by atoms with van der Waals surface area (Å²) in [5.74, 6) is -1.14. The van der Waals surface area contributed by atoms with Crippen molar-refractivity contribution < 1.29 is 9.59 Å². The number of hydrogen-bond acceptors (Lipinski definition) is 6. The molecule has 0 spiro atoms. The van der Waals surface area contributed by atoms with E-state index in [1.54, 1.807) is 11.0 Å². The lowest BCUT2D eigenvalue weighted by atomic mass is 10.1. The van der Waals surface area contributed by atoms with Crippen molar-refractivity contribution in [3.8, 4) is 5.69 Å². The topological polar surface area (TPSA) is 129 Å². The fraction of sp³-hybridized carbons (Fsp3) is 0.294. The molecule has 0 saturated heterocycles. The normalized spacial score (nSPS) is 10.9. The van der Waals surface area contributed by atoms with Gasteiger partial charge in [0, 0.05) is 24.7 Å². The molecule has 0 aliphatic heterocycles. The first-order valence-electron chi connectivity index (χ1n) is 8.44. The first kappa shape index (κ1) is 18.2. The highest BCUT2D eigenvalue weighted by atomic mass is 16.2. The van der Waals surface area contributed by atoms with Crippen molar-refractivity contribution in [2.75, 3.05) is 13.1 Å². The van der Waals surface area contributed by atoms with Crippen LogP contribution in [0.25, 0.3) is 16.7 Å². The number of hydrogen-bond donors (Lipinski definition) is 1. The summed E-state index contributed by atoms with van der Waals surface area (Å²) in [5, 5.41) is 8.60. The number of primary amides is 1. The number of carbonyl (C=O) groups excluding carboxylic acids is 2. The fourth-order valence-corrected chi connectivity index (χ4v) is 2.90. The zero-order valence-corrected chi connectivity index (χ0v) is 15.0. The van der Waals surface area contributed by atoms with Crippen molar-refractivity contribution in [3.05, 3.63) is 46.6 Å². The van der Waals surface area contributed by atoms with E-state index in [-0.39, 0.29) is 23.7 Å². The molecule has 0 atom stereocenters. The lowest BCUT2D eigenvalue weighted by molar-refractivity contribution is -0.131. The van der Waals surface area contributed by atoms with Crippen LogP contribution in [-0.2, 0) is 11.3 Å². The van der Waals surface area contributed by atoms with Crippen molar-refractivity contribution in [2.24, 2.45) is 5.73 Å². The van der Waals surface area contributed by atoms with Crippen LogP contribution in [0.15, 0.2) is 35.5 Å². The Morgan fingerprint density at radius 1 is 1.15 bits per heavy atom. The molecule has 0 fully saturated rings. The van der Waals surface area contributed by atoms with E-state index in [2.05, 4.69) is 15.2 Å². The average molecular weight is 369 g/mol. The molecule has 0 aliphatic carbocycles. The Kier molecular flexibility index (Phi) is 4.97. The molecule has 3 aromatic heterocycles. The highest BCUT2D eigenvalue weighted by Crippen LogP contribution is 2.19. The first-order chi connectivity index (χ1) is 13.0. The van der Waals surface area contributed by atoms with E-state index in [1.807, 2.05) is 13.8 Å². The molecule has 3 rings (SSSR count). The standard InChI is InChI=1S/C17H19N7O3/c1-3-22(4-2)14(25)10-23-16-11(9-12(15(18)26)17(23)27)13(5-6-19-16)24-20-7-8-21-24/h5-9H,3-4,10H2,1-2H3,(H2,18,26). The third kappa shape index (κ3) is 3.28. The van der Waals surface area contributed by atoms with Crippen LogP contribution in [0.5, 0.6) is 0 Å². The van der Waals surface area contributed by atoms with E-state index in [0.717, 1.165) is 0 Å². The van der Waals surface area contributed by atoms with E-state index in [1.165, 1.54) is 34.0 Å². The summed E-state index contributed by atoms with van der Waals surface area (Å²) < 4.78 is 1.17. The van der Waals surface area contributed by atoms with Gasteiger partial charge >= 0.3 is 0 Å². The molecule has 0 aromatic carbocycles. The monoisotopic (exact) mass is 369 g/mol. The molecule has 0 aliphatic rings. The van der Waals surface area contributed by atoms with E-state index in [4.69, 9.17) is 5.73 Å². The predicted molar refractivity (Wildman–Crippen MR) is 97.4 cm³/mol. The number of aromatic nitrogens is 5. The predicted octanol–water partition coefficient (Wildman–Crippen LogP) is -0.0555. The molecular weight excluding hydrogens is 350 g/mol.